The quantitative estimate of drug-likeness (QED) is 0.111. The predicted octanol–water partition coefficient (Wildman–Crippen LogP) is -3.29. The third kappa shape index (κ3) is 8.56. The van der Waals surface area contributed by atoms with Gasteiger partial charge in [-0.25, -0.2) is 4.79 Å². The van der Waals surface area contributed by atoms with Gasteiger partial charge in [0.05, 0.1) is 19.1 Å². The first-order valence-electron chi connectivity index (χ1n) is 11.5. The van der Waals surface area contributed by atoms with Crippen molar-refractivity contribution in [3.05, 3.63) is 36.0 Å². The van der Waals surface area contributed by atoms with E-state index in [1.165, 1.54) is 0 Å². The molecule has 0 aliphatic heterocycles. The van der Waals surface area contributed by atoms with E-state index in [2.05, 4.69) is 20.9 Å². The lowest BCUT2D eigenvalue weighted by molar-refractivity contribution is -0.143. The molecule has 0 aliphatic rings. The number of aliphatic hydroxyl groups is 1. The van der Waals surface area contributed by atoms with Crippen molar-refractivity contribution >= 4 is 46.4 Å². The van der Waals surface area contributed by atoms with Crippen molar-refractivity contribution in [3.63, 3.8) is 0 Å². The number of hydrogen-bond donors (Lipinski definition) is 9. The molecule has 4 atom stereocenters. The van der Waals surface area contributed by atoms with Gasteiger partial charge in [0.15, 0.2) is 0 Å². The first-order valence-corrected chi connectivity index (χ1v) is 11.5. The molecule has 2 aromatic rings. The van der Waals surface area contributed by atoms with Gasteiger partial charge >= 0.3 is 5.97 Å². The lowest BCUT2D eigenvalue weighted by Gasteiger charge is -2.24. The van der Waals surface area contributed by atoms with Gasteiger partial charge in [-0.3, -0.25) is 24.0 Å². The van der Waals surface area contributed by atoms with Crippen LogP contribution in [0, 0.1) is 0 Å². The van der Waals surface area contributed by atoms with E-state index < -0.39 is 72.7 Å². The van der Waals surface area contributed by atoms with Crippen molar-refractivity contribution in [3.8, 4) is 0 Å². The Bertz CT molecular complexity index is 1200. The molecule has 12 N–H and O–H groups in total. The maximum atomic E-state index is 13.1. The molecule has 1 aromatic carbocycles. The molecule has 0 saturated heterocycles. The van der Waals surface area contributed by atoms with E-state index in [0.717, 1.165) is 10.9 Å². The van der Waals surface area contributed by atoms with Gasteiger partial charge in [-0.1, -0.05) is 18.2 Å². The molecule has 38 heavy (non-hydrogen) atoms. The van der Waals surface area contributed by atoms with Gasteiger partial charge in [0.25, 0.3) is 0 Å². The number of aromatic nitrogens is 1. The first-order chi connectivity index (χ1) is 17.9. The molecule has 1 heterocycles. The maximum absolute atomic E-state index is 13.1. The second kappa shape index (κ2) is 13.7. The smallest absolute Gasteiger partial charge is 0.328 e. The summed E-state index contributed by atoms with van der Waals surface area (Å²) >= 11 is 0. The number of para-hydroxylation sites is 1. The summed E-state index contributed by atoms with van der Waals surface area (Å²) in [5, 5.41) is 26.1. The summed E-state index contributed by atoms with van der Waals surface area (Å²) in [6, 6.07) is 1.33. The highest BCUT2D eigenvalue weighted by atomic mass is 16.4. The molecule has 15 heteroatoms. The topological polar surface area (TPSA) is 273 Å². The third-order valence-electron chi connectivity index (χ3n) is 5.61. The van der Waals surface area contributed by atoms with E-state index in [-0.39, 0.29) is 19.3 Å². The number of benzene rings is 1. The first kappa shape index (κ1) is 29.7. The van der Waals surface area contributed by atoms with Crippen molar-refractivity contribution < 1.29 is 39.0 Å². The number of fused-ring (bicyclic) bond motifs is 1. The Morgan fingerprint density at radius 2 is 1.47 bits per heavy atom. The SMILES string of the molecule is NC(=O)CCC(N)C(=O)NC(CC(N)=O)C(=O)NC(Cc1c[nH]c2ccccc12)C(=O)NC(CO)C(=O)O. The average molecular weight is 534 g/mol. The lowest BCUT2D eigenvalue weighted by atomic mass is 10.0. The average Bonchev–Trinajstić information content (AvgIpc) is 3.26. The highest BCUT2D eigenvalue weighted by Gasteiger charge is 2.31. The Morgan fingerprint density at radius 1 is 0.868 bits per heavy atom. The molecular weight excluding hydrogens is 502 g/mol. The van der Waals surface area contributed by atoms with Crippen LogP contribution in [0.25, 0.3) is 10.9 Å². The third-order valence-corrected chi connectivity index (χ3v) is 5.61. The molecule has 2 rings (SSSR count). The molecule has 5 amide bonds. The Labute approximate surface area is 216 Å². The molecule has 15 nitrogen and oxygen atoms in total. The Hall–Kier alpha value is -4.50. The van der Waals surface area contributed by atoms with Crippen molar-refractivity contribution in [2.24, 2.45) is 17.2 Å². The van der Waals surface area contributed by atoms with Gasteiger partial charge in [-0.05, 0) is 18.1 Å². The summed E-state index contributed by atoms with van der Waals surface area (Å²) in [7, 11) is 0. The minimum atomic E-state index is -1.64. The molecule has 4 unspecified atom stereocenters. The van der Waals surface area contributed by atoms with Crippen molar-refractivity contribution in [2.75, 3.05) is 6.61 Å². The molecule has 0 radical (unpaired) electrons. The number of aliphatic carboxylic acids is 1. The van der Waals surface area contributed by atoms with Crippen LogP contribution in [0.2, 0.25) is 0 Å². The standard InChI is InChI=1S/C23H31N7O8/c24-13(5-6-18(25)32)20(34)28-16(8-19(26)33)22(36)29-15(21(35)30-17(10-31)23(37)38)7-11-9-27-14-4-2-1-3-12(11)14/h1-4,9,13,15-17,27,31H,5-8,10,24H2,(H2,25,32)(H2,26,33)(H,28,34)(H,29,36)(H,30,35)(H,37,38). The number of carboxylic acids is 1. The number of carbonyl (C=O) groups excluding carboxylic acids is 5. The molecule has 0 aliphatic carbocycles. The van der Waals surface area contributed by atoms with Crippen LogP contribution in [0.3, 0.4) is 0 Å². The number of nitrogens with one attached hydrogen (secondary N) is 4. The number of primary amides is 2. The summed E-state index contributed by atoms with van der Waals surface area (Å²) in [4.78, 5) is 75.4. The largest absolute Gasteiger partial charge is 0.480 e. The van der Waals surface area contributed by atoms with E-state index in [1.54, 1.807) is 30.5 Å². The van der Waals surface area contributed by atoms with E-state index in [9.17, 15) is 39.0 Å². The van der Waals surface area contributed by atoms with Gasteiger partial charge < -0.3 is 48.3 Å². The summed E-state index contributed by atoms with van der Waals surface area (Å²) < 4.78 is 0. The van der Waals surface area contributed by atoms with Crippen molar-refractivity contribution in [1.82, 2.24) is 20.9 Å². The molecule has 1 aromatic heterocycles. The van der Waals surface area contributed by atoms with Gasteiger partial charge in [0.2, 0.25) is 29.5 Å². The lowest BCUT2D eigenvalue weighted by Crippen LogP contribution is -2.58. The van der Waals surface area contributed by atoms with Crippen LogP contribution in [0.1, 0.15) is 24.8 Å². The Balaban J connectivity index is 2.28. The fourth-order valence-electron chi connectivity index (χ4n) is 3.58. The minimum absolute atomic E-state index is 0.116. The fourth-order valence-corrected chi connectivity index (χ4v) is 3.58. The second-order valence-electron chi connectivity index (χ2n) is 8.55. The van der Waals surface area contributed by atoms with Crippen LogP contribution in [-0.4, -0.2) is 81.5 Å². The van der Waals surface area contributed by atoms with Gasteiger partial charge in [0.1, 0.15) is 18.1 Å². The summed E-state index contributed by atoms with van der Waals surface area (Å²) in [6.45, 7) is -0.904. The molecule has 206 valence electrons. The van der Waals surface area contributed by atoms with Crippen LogP contribution in [0.4, 0.5) is 0 Å². The molecule has 0 spiro atoms. The van der Waals surface area contributed by atoms with E-state index in [0.29, 0.717) is 5.56 Å². The normalized spacial score (nSPS) is 14.1. The van der Waals surface area contributed by atoms with Crippen LogP contribution in [0.15, 0.2) is 30.5 Å². The van der Waals surface area contributed by atoms with Crippen LogP contribution < -0.4 is 33.2 Å². The highest BCUT2D eigenvalue weighted by Crippen LogP contribution is 2.19. The number of nitrogens with two attached hydrogens (primary N) is 3. The van der Waals surface area contributed by atoms with E-state index in [1.807, 2.05) is 0 Å². The van der Waals surface area contributed by atoms with Gasteiger partial charge in [-0.15, -0.1) is 0 Å². The van der Waals surface area contributed by atoms with Crippen molar-refractivity contribution in [1.29, 1.82) is 0 Å². The van der Waals surface area contributed by atoms with Crippen LogP contribution in [-0.2, 0) is 35.2 Å². The highest BCUT2D eigenvalue weighted by molar-refractivity contribution is 5.96. The van der Waals surface area contributed by atoms with E-state index >= 15 is 0 Å². The number of amides is 5. The minimum Gasteiger partial charge on any atom is -0.480 e. The maximum Gasteiger partial charge on any atom is 0.328 e. The summed E-state index contributed by atoms with van der Waals surface area (Å²) in [5.41, 5.74) is 17.3. The summed E-state index contributed by atoms with van der Waals surface area (Å²) in [6.07, 6.45) is 0.544. The van der Waals surface area contributed by atoms with Gasteiger partial charge in [0, 0.05) is 29.9 Å². The van der Waals surface area contributed by atoms with Crippen LogP contribution >= 0.6 is 0 Å². The van der Waals surface area contributed by atoms with E-state index in [4.69, 9.17) is 17.2 Å². The monoisotopic (exact) mass is 533 g/mol. The number of carboxylic acid groups (broad SMARTS) is 1. The molecule has 0 saturated carbocycles. The zero-order chi connectivity index (χ0) is 28.4. The number of aromatic amines is 1. The zero-order valence-electron chi connectivity index (χ0n) is 20.3. The van der Waals surface area contributed by atoms with Crippen LogP contribution in [0.5, 0.6) is 0 Å². The molecular formula is C23H31N7O8. The van der Waals surface area contributed by atoms with Gasteiger partial charge in [-0.2, -0.15) is 0 Å². The molecule has 0 bridgehead atoms. The molecule has 0 fully saturated rings. The predicted molar refractivity (Wildman–Crippen MR) is 133 cm³/mol. The zero-order valence-corrected chi connectivity index (χ0v) is 20.3. The Kier molecular flexibility index (Phi) is 10.7. The number of hydrogen-bond acceptors (Lipinski definition) is 8. The number of H-pyrrole nitrogens is 1. The number of aliphatic hydroxyl groups excluding tert-OH is 1. The summed E-state index contributed by atoms with van der Waals surface area (Å²) in [5.74, 6) is -5.91. The number of carbonyl (C=O) groups is 6. The Morgan fingerprint density at radius 3 is 2.08 bits per heavy atom. The fraction of sp³-hybridized carbons (Fsp3) is 0.391. The second-order valence-corrected chi connectivity index (χ2v) is 8.55. The number of rotatable bonds is 15. The van der Waals surface area contributed by atoms with Crippen molar-refractivity contribution in [2.45, 2.75) is 49.9 Å².